The Balaban J connectivity index is 2.88. The summed E-state index contributed by atoms with van der Waals surface area (Å²) >= 11 is 0. The van der Waals surface area contributed by atoms with Crippen molar-refractivity contribution in [2.45, 2.75) is 76.5 Å². The summed E-state index contributed by atoms with van der Waals surface area (Å²) in [5, 5.41) is 23.2. The number of guanidine groups is 1. The number of rotatable bonds is 14. The van der Waals surface area contributed by atoms with Gasteiger partial charge in [-0.15, -0.1) is 0 Å². The maximum absolute atomic E-state index is 12.9. The maximum Gasteiger partial charge on any atom is 0.326 e. The second-order valence-electron chi connectivity index (χ2n) is 8.93. The molecular formula is C21H37N7O7. The Bertz CT molecular complexity index is 814. The van der Waals surface area contributed by atoms with Crippen LogP contribution in [-0.4, -0.2) is 88.0 Å². The van der Waals surface area contributed by atoms with E-state index in [-0.39, 0.29) is 37.2 Å². The first-order valence-corrected chi connectivity index (χ1v) is 11.5. The SMILES string of the molecule is CC(C)CC(N)C(=O)N1CCCC1C(=O)NC(CC(=O)O)C(=O)NC(CCCN=C(N)N)C(=O)O. The van der Waals surface area contributed by atoms with Crippen LogP contribution in [0.2, 0.25) is 0 Å². The average Bonchev–Trinajstić information content (AvgIpc) is 3.23. The largest absolute Gasteiger partial charge is 0.481 e. The topological polar surface area (TPSA) is 244 Å². The van der Waals surface area contributed by atoms with Crippen molar-refractivity contribution in [3.05, 3.63) is 0 Å². The molecular weight excluding hydrogens is 462 g/mol. The normalized spacial score (nSPS) is 17.8. The summed E-state index contributed by atoms with van der Waals surface area (Å²) in [5.41, 5.74) is 16.4. The van der Waals surface area contributed by atoms with E-state index in [1.165, 1.54) is 4.90 Å². The zero-order valence-corrected chi connectivity index (χ0v) is 20.1. The van der Waals surface area contributed by atoms with Crippen LogP contribution in [0.25, 0.3) is 0 Å². The fourth-order valence-corrected chi connectivity index (χ4v) is 3.81. The number of nitrogens with zero attached hydrogens (tertiary/aromatic N) is 2. The first-order valence-electron chi connectivity index (χ1n) is 11.5. The molecule has 198 valence electrons. The molecule has 35 heavy (non-hydrogen) atoms. The van der Waals surface area contributed by atoms with Crippen LogP contribution in [0.5, 0.6) is 0 Å². The highest BCUT2D eigenvalue weighted by Gasteiger charge is 2.38. The van der Waals surface area contributed by atoms with Crippen LogP contribution in [0.15, 0.2) is 4.99 Å². The van der Waals surface area contributed by atoms with Gasteiger partial charge in [0.1, 0.15) is 18.1 Å². The molecule has 0 bridgehead atoms. The first-order chi connectivity index (χ1) is 16.3. The Morgan fingerprint density at radius 1 is 1.09 bits per heavy atom. The maximum atomic E-state index is 12.9. The highest BCUT2D eigenvalue weighted by Crippen LogP contribution is 2.20. The number of nitrogens with one attached hydrogen (secondary N) is 2. The quantitative estimate of drug-likeness (QED) is 0.0781. The average molecular weight is 500 g/mol. The van der Waals surface area contributed by atoms with Gasteiger partial charge in [0.15, 0.2) is 5.96 Å². The van der Waals surface area contributed by atoms with Gasteiger partial charge < -0.3 is 42.9 Å². The Hall–Kier alpha value is -3.42. The third-order valence-electron chi connectivity index (χ3n) is 5.45. The monoisotopic (exact) mass is 499 g/mol. The molecule has 0 radical (unpaired) electrons. The molecule has 10 N–H and O–H groups in total. The van der Waals surface area contributed by atoms with Crippen molar-refractivity contribution < 1.29 is 34.2 Å². The van der Waals surface area contributed by atoms with E-state index in [0.29, 0.717) is 25.8 Å². The van der Waals surface area contributed by atoms with Crippen LogP contribution in [0.3, 0.4) is 0 Å². The number of aliphatic imine (C=N–C) groups is 1. The lowest BCUT2D eigenvalue weighted by Gasteiger charge is -2.28. The molecule has 0 aromatic rings. The minimum absolute atomic E-state index is 0.0236. The van der Waals surface area contributed by atoms with Crippen molar-refractivity contribution in [2.24, 2.45) is 28.1 Å². The highest BCUT2D eigenvalue weighted by molar-refractivity contribution is 5.95. The molecule has 0 aromatic carbocycles. The van der Waals surface area contributed by atoms with Gasteiger partial charge in [-0.1, -0.05) is 13.8 Å². The van der Waals surface area contributed by atoms with Crippen molar-refractivity contribution in [3.8, 4) is 0 Å². The molecule has 14 nitrogen and oxygen atoms in total. The van der Waals surface area contributed by atoms with Crippen LogP contribution in [0.4, 0.5) is 0 Å². The molecule has 1 saturated heterocycles. The van der Waals surface area contributed by atoms with Crippen LogP contribution >= 0.6 is 0 Å². The van der Waals surface area contributed by atoms with E-state index in [1.807, 2.05) is 13.8 Å². The summed E-state index contributed by atoms with van der Waals surface area (Å²) < 4.78 is 0. The number of hydrogen-bond donors (Lipinski definition) is 7. The summed E-state index contributed by atoms with van der Waals surface area (Å²) in [6.45, 7) is 4.29. The molecule has 0 aromatic heterocycles. The van der Waals surface area contributed by atoms with Crippen molar-refractivity contribution in [3.63, 3.8) is 0 Å². The fourth-order valence-electron chi connectivity index (χ4n) is 3.81. The van der Waals surface area contributed by atoms with Crippen molar-refractivity contribution in [1.29, 1.82) is 0 Å². The molecule has 4 unspecified atom stereocenters. The number of carboxylic acid groups (broad SMARTS) is 2. The van der Waals surface area contributed by atoms with E-state index in [0.717, 1.165) is 0 Å². The molecule has 1 aliphatic heterocycles. The second-order valence-corrected chi connectivity index (χ2v) is 8.93. The Labute approximate surface area is 203 Å². The molecule has 0 saturated carbocycles. The van der Waals surface area contributed by atoms with Gasteiger partial charge in [-0.3, -0.25) is 24.2 Å². The van der Waals surface area contributed by atoms with Crippen LogP contribution in [-0.2, 0) is 24.0 Å². The summed E-state index contributed by atoms with van der Waals surface area (Å²) in [5.74, 6) is -4.75. The lowest BCUT2D eigenvalue weighted by molar-refractivity contribution is -0.145. The molecule has 1 aliphatic rings. The molecule has 1 rings (SSSR count). The van der Waals surface area contributed by atoms with Crippen molar-refractivity contribution in [2.75, 3.05) is 13.1 Å². The zero-order chi connectivity index (χ0) is 26.7. The third kappa shape index (κ3) is 10.2. The van der Waals surface area contributed by atoms with Crippen molar-refractivity contribution >= 4 is 35.6 Å². The Morgan fingerprint density at radius 2 is 1.74 bits per heavy atom. The van der Waals surface area contributed by atoms with E-state index in [2.05, 4.69) is 15.6 Å². The highest BCUT2D eigenvalue weighted by atomic mass is 16.4. The molecule has 0 aliphatic carbocycles. The van der Waals surface area contributed by atoms with Gasteiger partial charge in [-0.05, 0) is 38.0 Å². The molecule has 14 heteroatoms. The number of likely N-dealkylation sites (tertiary alicyclic amines) is 1. The summed E-state index contributed by atoms with van der Waals surface area (Å²) in [4.78, 5) is 66.3. The van der Waals surface area contributed by atoms with Gasteiger partial charge in [0.25, 0.3) is 0 Å². The van der Waals surface area contributed by atoms with Gasteiger partial charge in [0.05, 0.1) is 12.5 Å². The number of nitrogens with two attached hydrogens (primary N) is 3. The number of carbonyl (C=O) groups excluding carboxylic acids is 3. The number of hydrogen-bond acceptors (Lipinski definition) is 7. The number of aliphatic carboxylic acids is 2. The molecule has 3 amide bonds. The fraction of sp³-hybridized carbons (Fsp3) is 0.714. The lowest BCUT2D eigenvalue weighted by Crippen LogP contribution is -2.57. The van der Waals surface area contributed by atoms with Crippen molar-refractivity contribution in [1.82, 2.24) is 15.5 Å². The van der Waals surface area contributed by atoms with Crippen LogP contribution < -0.4 is 27.8 Å². The van der Waals surface area contributed by atoms with Gasteiger partial charge in [-0.2, -0.15) is 0 Å². The minimum atomic E-state index is -1.54. The summed E-state index contributed by atoms with van der Waals surface area (Å²) in [7, 11) is 0. The molecule has 1 heterocycles. The third-order valence-corrected chi connectivity index (χ3v) is 5.45. The van der Waals surface area contributed by atoms with Gasteiger partial charge in [0.2, 0.25) is 17.7 Å². The van der Waals surface area contributed by atoms with E-state index in [1.54, 1.807) is 0 Å². The minimum Gasteiger partial charge on any atom is -0.481 e. The first kappa shape index (κ1) is 29.6. The van der Waals surface area contributed by atoms with Gasteiger partial charge in [0, 0.05) is 13.1 Å². The molecule has 0 spiro atoms. The van der Waals surface area contributed by atoms with E-state index in [9.17, 15) is 34.2 Å². The predicted molar refractivity (Wildman–Crippen MR) is 126 cm³/mol. The van der Waals surface area contributed by atoms with Crippen LogP contribution in [0, 0.1) is 5.92 Å². The standard InChI is InChI=1S/C21H37N7O7/c1-11(2)9-12(22)19(33)28-8-4-6-15(28)18(32)27-14(10-16(29)30)17(31)26-13(20(34)35)5-3-7-25-21(23)24/h11-15H,3-10,22H2,1-2H3,(H,26,31)(H,27,32)(H,29,30)(H,34,35)(H4,23,24,25). The lowest BCUT2D eigenvalue weighted by atomic mass is 10.0. The van der Waals surface area contributed by atoms with Gasteiger partial charge in [-0.25, -0.2) is 4.79 Å². The smallest absolute Gasteiger partial charge is 0.326 e. The number of amides is 3. The summed E-state index contributed by atoms with van der Waals surface area (Å²) in [6.07, 6.45) is 0.755. The number of carbonyl (C=O) groups is 5. The Morgan fingerprint density at radius 3 is 2.29 bits per heavy atom. The zero-order valence-electron chi connectivity index (χ0n) is 20.1. The molecule has 1 fully saturated rings. The van der Waals surface area contributed by atoms with Crippen LogP contribution in [0.1, 0.15) is 52.4 Å². The predicted octanol–water partition coefficient (Wildman–Crippen LogP) is -2.07. The second kappa shape index (κ2) is 14.1. The summed E-state index contributed by atoms with van der Waals surface area (Å²) in [6, 6.07) is -4.57. The van der Waals surface area contributed by atoms with E-state index in [4.69, 9.17) is 17.2 Å². The van der Waals surface area contributed by atoms with Gasteiger partial charge >= 0.3 is 11.9 Å². The van der Waals surface area contributed by atoms with E-state index >= 15 is 0 Å². The Kier molecular flexibility index (Phi) is 11.9. The number of carboxylic acids is 2. The van der Waals surface area contributed by atoms with E-state index < -0.39 is 54.3 Å². The molecule has 4 atom stereocenters.